The summed E-state index contributed by atoms with van der Waals surface area (Å²) in [5, 5.41) is 5.02. The number of anilines is 1. The molecule has 2 amide bonds. The molecule has 1 aliphatic heterocycles. The Kier molecular flexibility index (Phi) is 4.31. The zero-order valence-corrected chi connectivity index (χ0v) is 13.8. The van der Waals surface area contributed by atoms with E-state index in [-0.39, 0.29) is 12.1 Å². The summed E-state index contributed by atoms with van der Waals surface area (Å²) in [4.78, 5) is 18.7. The smallest absolute Gasteiger partial charge is 0.322 e. The first-order valence-corrected chi connectivity index (χ1v) is 8.36. The first kappa shape index (κ1) is 15.6. The van der Waals surface area contributed by atoms with E-state index in [4.69, 9.17) is 4.74 Å². The normalized spacial score (nSPS) is 17.4. The molecule has 25 heavy (non-hydrogen) atoms. The lowest BCUT2D eigenvalue weighted by Gasteiger charge is -2.33. The van der Waals surface area contributed by atoms with Crippen LogP contribution in [0.25, 0.3) is 10.8 Å². The summed E-state index contributed by atoms with van der Waals surface area (Å²) in [6.45, 7) is 1.66. The number of aromatic nitrogens is 1. The molecular formula is C20H19N3O2. The Balaban J connectivity index is 1.51. The van der Waals surface area contributed by atoms with E-state index in [1.807, 2.05) is 54.6 Å². The van der Waals surface area contributed by atoms with Gasteiger partial charge in [0, 0.05) is 29.7 Å². The third-order valence-corrected chi connectivity index (χ3v) is 4.45. The van der Waals surface area contributed by atoms with Gasteiger partial charge in [0.1, 0.15) is 6.10 Å². The Bertz CT molecular complexity index is 877. The Morgan fingerprint density at radius 1 is 1.12 bits per heavy atom. The number of hydrogen-bond acceptors (Lipinski definition) is 3. The zero-order chi connectivity index (χ0) is 17.1. The molecule has 5 heteroatoms. The topological polar surface area (TPSA) is 54.5 Å². The molecular weight excluding hydrogens is 314 g/mol. The molecule has 5 nitrogen and oxygen atoms in total. The van der Waals surface area contributed by atoms with E-state index in [1.165, 1.54) is 0 Å². The van der Waals surface area contributed by atoms with Gasteiger partial charge in [0.15, 0.2) is 0 Å². The van der Waals surface area contributed by atoms with Crippen molar-refractivity contribution in [2.75, 3.05) is 25.0 Å². The molecule has 3 aromatic rings. The molecule has 2 heterocycles. The van der Waals surface area contributed by atoms with Crippen molar-refractivity contribution in [3.05, 3.63) is 72.6 Å². The van der Waals surface area contributed by atoms with E-state index < -0.39 is 0 Å². The molecule has 0 saturated carbocycles. The fraction of sp³-hybridized carbons (Fsp3) is 0.200. The second-order valence-corrected chi connectivity index (χ2v) is 6.05. The van der Waals surface area contributed by atoms with Gasteiger partial charge in [-0.1, -0.05) is 42.5 Å². The lowest BCUT2D eigenvalue weighted by atomic mass is 10.1. The zero-order valence-electron chi connectivity index (χ0n) is 13.8. The molecule has 1 fully saturated rings. The fourth-order valence-electron chi connectivity index (χ4n) is 3.13. The third-order valence-electron chi connectivity index (χ3n) is 4.45. The first-order valence-electron chi connectivity index (χ1n) is 8.36. The minimum absolute atomic E-state index is 0.0857. The Morgan fingerprint density at radius 2 is 2.00 bits per heavy atom. The van der Waals surface area contributed by atoms with Crippen LogP contribution in [0.2, 0.25) is 0 Å². The molecule has 0 bridgehead atoms. The minimum Gasteiger partial charge on any atom is -0.370 e. The highest BCUT2D eigenvalue weighted by atomic mass is 16.5. The van der Waals surface area contributed by atoms with Gasteiger partial charge in [-0.05, 0) is 17.7 Å². The summed E-state index contributed by atoms with van der Waals surface area (Å²) >= 11 is 0. The SMILES string of the molecule is O=C(Nc1cccc2cnccc12)N1CCOC(c2ccccc2)C1. The Labute approximate surface area is 146 Å². The second kappa shape index (κ2) is 6.91. The number of benzene rings is 2. The van der Waals surface area contributed by atoms with Crippen molar-refractivity contribution >= 4 is 22.5 Å². The molecule has 126 valence electrons. The van der Waals surface area contributed by atoms with Crippen molar-refractivity contribution < 1.29 is 9.53 Å². The molecule has 1 N–H and O–H groups in total. The van der Waals surface area contributed by atoms with Gasteiger partial charge in [0.25, 0.3) is 0 Å². The maximum Gasteiger partial charge on any atom is 0.322 e. The number of pyridine rings is 1. The van der Waals surface area contributed by atoms with Gasteiger partial charge in [-0.15, -0.1) is 0 Å². The number of carbonyl (C=O) groups is 1. The number of fused-ring (bicyclic) bond motifs is 1. The van der Waals surface area contributed by atoms with Crippen molar-refractivity contribution in [3.63, 3.8) is 0 Å². The summed E-state index contributed by atoms with van der Waals surface area (Å²) in [6.07, 6.45) is 3.45. The van der Waals surface area contributed by atoms with E-state index in [0.29, 0.717) is 19.7 Å². The first-order chi connectivity index (χ1) is 12.3. The summed E-state index contributed by atoms with van der Waals surface area (Å²) in [7, 11) is 0. The van der Waals surface area contributed by atoms with Crippen LogP contribution in [0.5, 0.6) is 0 Å². The second-order valence-electron chi connectivity index (χ2n) is 6.05. The van der Waals surface area contributed by atoms with Crippen LogP contribution in [0.15, 0.2) is 67.0 Å². The summed E-state index contributed by atoms with van der Waals surface area (Å²) in [5.41, 5.74) is 1.89. The van der Waals surface area contributed by atoms with Crippen molar-refractivity contribution in [1.82, 2.24) is 9.88 Å². The average Bonchev–Trinajstić information content (AvgIpc) is 2.69. The average molecular weight is 333 g/mol. The number of nitrogens with zero attached hydrogens (tertiary/aromatic N) is 2. The van der Waals surface area contributed by atoms with Crippen molar-refractivity contribution in [1.29, 1.82) is 0 Å². The predicted octanol–water partition coefficient (Wildman–Crippen LogP) is 3.84. The van der Waals surface area contributed by atoms with E-state index in [1.54, 1.807) is 17.3 Å². The summed E-state index contributed by atoms with van der Waals surface area (Å²) < 4.78 is 5.83. The highest BCUT2D eigenvalue weighted by molar-refractivity contribution is 6.01. The largest absolute Gasteiger partial charge is 0.370 e. The van der Waals surface area contributed by atoms with Crippen LogP contribution in [-0.4, -0.2) is 35.6 Å². The quantitative estimate of drug-likeness (QED) is 0.775. The Hall–Kier alpha value is -2.92. The lowest BCUT2D eigenvalue weighted by molar-refractivity contribution is -0.0135. The van der Waals surface area contributed by atoms with Gasteiger partial charge < -0.3 is 15.0 Å². The number of nitrogens with one attached hydrogen (secondary N) is 1. The molecule has 1 atom stereocenters. The van der Waals surface area contributed by atoms with Gasteiger partial charge in [0.05, 0.1) is 18.8 Å². The number of amides is 2. The monoisotopic (exact) mass is 333 g/mol. The molecule has 0 aliphatic carbocycles. The van der Waals surface area contributed by atoms with Gasteiger partial charge in [0.2, 0.25) is 0 Å². The van der Waals surface area contributed by atoms with E-state index in [0.717, 1.165) is 22.0 Å². The van der Waals surface area contributed by atoms with Crippen LogP contribution >= 0.6 is 0 Å². The van der Waals surface area contributed by atoms with Crippen molar-refractivity contribution in [2.45, 2.75) is 6.10 Å². The number of urea groups is 1. The van der Waals surface area contributed by atoms with Gasteiger partial charge in [-0.2, -0.15) is 0 Å². The van der Waals surface area contributed by atoms with Crippen LogP contribution < -0.4 is 5.32 Å². The van der Waals surface area contributed by atoms with Gasteiger partial charge in [-0.3, -0.25) is 4.98 Å². The maximum atomic E-state index is 12.7. The van der Waals surface area contributed by atoms with Crippen LogP contribution in [0, 0.1) is 0 Å². The fourth-order valence-corrected chi connectivity index (χ4v) is 3.13. The van der Waals surface area contributed by atoms with Gasteiger partial charge >= 0.3 is 6.03 Å². The Morgan fingerprint density at radius 3 is 2.88 bits per heavy atom. The predicted molar refractivity (Wildman–Crippen MR) is 97.5 cm³/mol. The minimum atomic E-state index is -0.103. The highest BCUT2D eigenvalue weighted by Gasteiger charge is 2.25. The maximum absolute atomic E-state index is 12.7. The third kappa shape index (κ3) is 3.32. The molecule has 0 radical (unpaired) electrons. The van der Waals surface area contributed by atoms with Gasteiger partial charge in [-0.25, -0.2) is 4.79 Å². The number of ether oxygens (including phenoxy) is 1. The van der Waals surface area contributed by atoms with Crippen LogP contribution in [-0.2, 0) is 4.74 Å². The van der Waals surface area contributed by atoms with E-state index >= 15 is 0 Å². The summed E-state index contributed by atoms with van der Waals surface area (Å²) in [6, 6.07) is 17.6. The highest BCUT2D eigenvalue weighted by Crippen LogP contribution is 2.25. The number of rotatable bonds is 2. The standard InChI is InChI=1S/C20H19N3O2/c24-20(22-18-8-4-7-16-13-21-10-9-17(16)18)23-11-12-25-19(14-23)15-5-2-1-3-6-15/h1-10,13,19H,11-12,14H2,(H,22,24). The molecule has 2 aromatic carbocycles. The van der Waals surface area contributed by atoms with Crippen LogP contribution in [0.1, 0.15) is 11.7 Å². The molecule has 0 spiro atoms. The number of hydrogen-bond donors (Lipinski definition) is 1. The summed E-state index contributed by atoms with van der Waals surface area (Å²) in [5.74, 6) is 0. The van der Waals surface area contributed by atoms with Crippen molar-refractivity contribution in [2.24, 2.45) is 0 Å². The van der Waals surface area contributed by atoms with Crippen LogP contribution in [0.3, 0.4) is 0 Å². The van der Waals surface area contributed by atoms with E-state index in [9.17, 15) is 4.79 Å². The molecule has 4 rings (SSSR count). The number of morpholine rings is 1. The van der Waals surface area contributed by atoms with Crippen molar-refractivity contribution in [3.8, 4) is 0 Å². The van der Waals surface area contributed by atoms with E-state index in [2.05, 4.69) is 10.3 Å². The molecule has 1 aliphatic rings. The van der Waals surface area contributed by atoms with Crippen LogP contribution in [0.4, 0.5) is 10.5 Å². The lowest BCUT2D eigenvalue weighted by Crippen LogP contribution is -2.44. The molecule has 1 saturated heterocycles. The number of carbonyl (C=O) groups excluding carboxylic acids is 1. The molecule has 1 aromatic heterocycles. The molecule has 1 unspecified atom stereocenters.